The monoisotopic (exact) mass is 218 g/mol. The molecular weight excluding hydrogens is 200 g/mol. The van der Waals surface area contributed by atoms with E-state index in [1.165, 1.54) is 5.56 Å². The smallest absolute Gasteiger partial charge is 0.120 e. The van der Waals surface area contributed by atoms with Crippen LogP contribution < -0.4 is 4.74 Å². The van der Waals surface area contributed by atoms with Crippen LogP contribution in [0.2, 0.25) is 0 Å². The number of aryl methyl sites for hydroxylation is 1. The molecule has 0 bridgehead atoms. The summed E-state index contributed by atoms with van der Waals surface area (Å²) in [4.78, 5) is 0. The number of hydrogen-bond acceptors (Lipinski definition) is 2. The zero-order valence-corrected chi connectivity index (χ0v) is 9.65. The van der Waals surface area contributed by atoms with E-state index in [0.717, 1.165) is 30.6 Å². The molecular formula is C14H18O2. The number of hydrogen-bond donors (Lipinski definition) is 1. The summed E-state index contributed by atoms with van der Waals surface area (Å²) in [5.74, 6) is 0.845. The van der Waals surface area contributed by atoms with E-state index in [-0.39, 0.29) is 6.10 Å². The van der Waals surface area contributed by atoms with Crippen LogP contribution in [0, 0.1) is 0 Å². The van der Waals surface area contributed by atoms with Gasteiger partial charge in [0.2, 0.25) is 0 Å². The fraction of sp³-hybridized carbons (Fsp3) is 0.429. The Morgan fingerprint density at radius 2 is 2.38 bits per heavy atom. The highest BCUT2D eigenvalue weighted by molar-refractivity contribution is 5.38. The molecule has 2 nitrogen and oxygen atoms in total. The Kier molecular flexibility index (Phi) is 3.62. The molecule has 86 valence electrons. The van der Waals surface area contributed by atoms with Crippen LogP contribution in [0.4, 0.5) is 0 Å². The first-order valence-corrected chi connectivity index (χ1v) is 5.86. The highest BCUT2D eigenvalue weighted by atomic mass is 16.5. The second-order valence-corrected chi connectivity index (χ2v) is 4.15. The maximum atomic E-state index is 9.89. The summed E-state index contributed by atoms with van der Waals surface area (Å²) in [6, 6.07) is 6.03. The van der Waals surface area contributed by atoms with E-state index in [9.17, 15) is 5.11 Å². The molecule has 1 aliphatic carbocycles. The first-order chi connectivity index (χ1) is 7.81. The molecule has 0 amide bonds. The van der Waals surface area contributed by atoms with Gasteiger partial charge in [-0.25, -0.2) is 0 Å². The van der Waals surface area contributed by atoms with Crippen molar-refractivity contribution in [2.75, 3.05) is 6.61 Å². The van der Waals surface area contributed by atoms with Gasteiger partial charge in [-0.05, 0) is 49.4 Å². The van der Waals surface area contributed by atoms with Gasteiger partial charge in [0.25, 0.3) is 0 Å². The first kappa shape index (κ1) is 11.2. The third-order valence-electron chi connectivity index (χ3n) is 2.98. The summed E-state index contributed by atoms with van der Waals surface area (Å²) in [6.07, 6.45) is 6.64. The van der Waals surface area contributed by atoms with Crippen LogP contribution in [-0.2, 0) is 6.42 Å². The van der Waals surface area contributed by atoms with Gasteiger partial charge in [-0.3, -0.25) is 0 Å². The molecule has 0 radical (unpaired) electrons. The number of rotatable bonds is 3. The normalized spacial score (nSPS) is 19.8. The summed E-state index contributed by atoms with van der Waals surface area (Å²) in [5.41, 5.74) is 2.31. The number of aliphatic hydroxyl groups is 1. The molecule has 1 aliphatic rings. The van der Waals surface area contributed by atoms with Gasteiger partial charge in [0.1, 0.15) is 12.4 Å². The fourth-order valence-electron chi connectivity index (χ4n) is 2.08. The van der Waals surface area contributed by atoms with E-state index in [1.807, 2.05) is 31.2 Å². The quantitative estimate of drug-likeness (QED) is 0.790. The van der Waals surface area contributed by atoms with Gasteiger partial charge in [0, 0.05) is 0 Å². The molecule has 1 atom stereocenters. The van der Waals surface area contributed by atoms with Crippen LogP contribution in [-0.4, -0.2) is 11.7 Å². The molecule has 1 aromatic carbocycles. The van der Waals surface area contributed by atoms with Crippen LogP contribution >= 0.6 is 0 Å². The number of ether oxygens (including phenoxy) is 1. The summed E-state index contributed by atoms with van der Waals surface area (Å²) in [5, 5.41) is 9.89. The van der Waals surface area contributed by atoms with Gasteiger partial charge in [-0.1, -0.05) is 18.2 Å². The van der Waals surface area contributed by atoms with E-state index < -0.39 is 0 Å². The molecule has 1 aromatic rings. The number of allylic oxidation sites excluding steroid dienone is 1. The van der Waals surface area contributed by atoms with Crippen molar-refractivity contribution in [1.82, 2.24) is 0 Å². The van der Waals surface area contributed by atoms with Crippen LogP contribution in [0.15, 0.2) is 30.4 Å². The Labute approximate surface area is 96.6 Å². The van der Waals surface area contributed by atoms with Crippen LogP contribution in [0.3, 0.4) is 0 Å². The van der Waals surface area contributed by atoms with Crippen molar-refractivity contribution in [1.29, 1.82) is 0 Å². The maximum Gasteiger partial charge on any atom is 0.120 e. The van der Waals surface area contributed by atoms with E-state index in [1.54, 1.807) is 0 Å². The van der Waals surface area contributed by atoms with Gasteiger partial charge < -0.3 is 9.84 Å². The molecule has 0 spiro atoms. The maximum absolute atomic E-state index is 9.89. The van der Waals surface area contributed by atoms with Crippen molar-refractivity contribution in [3.63, 3.8) is 0 Å². The van der Waals surface area contributed by atoms with Gasteiger partial charge in [-0.15, -0.1) is 0 Å². The molecule has 0 aromatic heterocycles. The molecule has 0 fully saturated rings. The third-order valence-corrected chi connectivity index (χ3v) is 2.98. The topological polar surface area (TPSA) is 29.5 Å². The lowest BCUT2D eigenvalue weighted by molar-refractivity contribution is 0.156. The molecule has 1 unspecified atom stereocenters. The van der Waals surface area contributed by atoms with Gasteiger partial charge >= 0.3 is 0 Å². The Balaban J connectivity index is 2.14. The molecule has 0 saturated carbocycles. The lowest BCUT2D eigenvalue weighted by Gasteiger charge is -2.21. The van der Waals surface area contributed by atoms with E-state index in [4.69, 9.17) is 4.74 Å². The van der Waals surface area contributed by atoms with Crippen molar-refractivity contribution in [3.8, 4) is 5.75 Å². The second kappa shape index (κ2) is 5.17. The van der Waals surface area contributed by atoms with Gasteiger partial charge in [0.05, 0.1) is 6.10 Å². The first-order valence-electron chi connectivity index (χ1n) is 5.86. The van der Waals surface area contributed by atoms with Crippen molar-refractivity contribution < 1.29 is 9.84 Å². The van der Waals surface area contributed by atoms with Crippen molar-refractivity contribution in [2.45, 2.75) is 32.3 Å². The number of aliphatic hydroxyl groups excluding tert-OH is 1. The number of benzene rings is 1. The average Bonchev–Trinajstić information content (AvgIpc) is 2.30. The van der Waals surface area contributed by atoms with Crippen molar-refractivity contribution >= 4 is 0 Å². The van der Waals surface area contributed by atoms with Crippen LogP contribution in [0.1, 0.15) is 37.0 Å². The Hall–Kier alpha value is -1.28. The van der Waals surface area contributed by atoms with Crippen LogP contribution in [0.5, 0.6) is 5.75 Å². The molecule has 16 heavy (non-hydrogen) atoms. The standard InChI is InChI=1S/C14H18O2/c1-2-3-9-16-12-8-7-11-5-4-6-14(15)13(11)10-12/h2-3,7-8,10,14-15H,4-6,9H2,1H3/b3-2+. The Bertz CT molecular complexity index is 382. The molecule has 1 N–H and O–H groups in total. The minimum absolute atomic E-state index is 0.311. The Morgan fingerprint density at radius 1 is 1.50 bits per heavy atom. The molecule has 0 heterocycles. The predicted molar refractivity (Wildman–Crippen MR) is 64.6 cm³/mol. The van der Waals surface area contributed by atoms with Gasteiger partial charge in [-0.2, -0.15) is 0 Å². The highest BCUT2D eigenvalue weighted by Gasteiger charge is 2.18. The second-order valence-electron chi connectivity index (χ2n) is 4.15. The summed E-state index contributed by atoms with van der Waals surface area (Å²) in [7, 11) is 0. The summed E-state index contributed by atoms with van der Waals surface area (Å²) < 4.78 is 5.56. The largest absolute Gasteiger partial charge is 0.490 e. The SMILES string of the molecule is C/C=C/COc1ccc2c(c1)C(O)CCC2. The summed E-state index contributed by atoms with van der Waals surface area (Å²) in [6.45, 7) is 2.56. The van der Waals surface area contributed by atoms with E-state index in [0.29, 0.717) is 6.61 Å². The predicted octanol–water partition coefficient (Wildman–Crippen LogP) is 3.01. The fourth-order valence-corrected chi connectivity index (χ4v) is 2.08. The zero-order valence-electron chi connectivity index (χ0n) is 9.65. The lowest BCUT2D eigenvalue weighted by Crippen LogP contribution is -2.09. The van der Waals surface area contributed by atoms with E-state index >= 15 is 0 Å². The molecule has 0 aliphatic heterocycles. The highest BCUT2D eigenvalue weighted by Crippen LogP contribution is 2.32. The van der Waals surface area contributed by atoms with Crippen LogP contribution in [0.25, 0.3) is 0 Å². The van der Waals surface area contributed by atoms with Crippen molar-refractivity contribution in [3.05, 3.63) is 41.5 Å². The minimum Gasteiger partial charge on any atom is -0.490 e. The number of fused-ring (bicyclic) bond motifs is 1. The average molecular weight is 218 g/mol. The van der Waals surface area contributed by atoms with E-state index in [2.05, 4.69) is 6.07 Å². The summed E-state index contributed by atoms with van der Waals surface area (Å²) >= 11 is 0. The lowest BCUT2D eigenvalue weighted by atomic mass is 9.89. The van der Waals surface area contributed by atoms with Crippen molar-refractivity contribution in [2.24, 2.45) is 0 Å². The zero-order chi connectivity index (χ0) is 11.4. The minimum atomic E-state index is -0.311. The third kappa shape index (κ3) is 2.45. The Morgan fingerprint density at radius 3 is 3.19 bits per heavy atom. The molecule has 2 rings (SSSR count). The molecule has 0 saturated heterocycles. The molecule has 2 heteroatoms. The van der Waals surface area contributed by atoms with Gasteiger partial charge in [0.15, 0.2) is 0 Å².